The minimum atomic E-state index is -3.89. The molecule has 0 aliphatic rings. The van der Waals surface area contributed by atoms with E-state index in [2.05, 4.69) is 4.72 Å². The second-order valence-corrected chi connectivity index (χ2v) is 7.52. The lowest BCUT2D eigenvalue weighted by molar-refractivity contribution is -0.147. The van der Waals surface area contributed by atoms with E-state index in [1.807, 2.05) is 30.3 Å². The van der Waals surface area contributed by atoms with Crippen molar-refractivity contribution in [2.45, 2.75) is 17.9 Å². The summed E-state index contributed by atoms with van der Waals surface area (Å²) in [6.45, 7) is 1.22. The third-order valence-corrected chi connectivity index (χ3v) is 5.32. The molecule has 0 bridgehead atoms. The molecular formula is C16H15Cl2NO4S. The van der Waals surface area contributed by atoms with Gasteiger partial charge in [-0.3, -0.25) is 4.79 Å². The van der Waals surface area contributed by atoms with E-state index < -0.39 is 28.6 Å². The first kappa shape index (κ1) is 18.7. The number of ether oxygens (including phenoxy) is 1. The van der Waals surface area contributed by atoms with E-state index in [0.717, 1.165) is 5.56 Å². The quantitative estimate of drug-likeness (QED) is 0.768. The molecule has 0 spiro atoms. The maximum Gasteiger partial charge on any atom is 0.321 e. The zero-order chi connectivity index (χ0) is 17.7. The van der Waals surface area contributed by atoms with Crippen molar-refractivity contribution in [2.75, 3.05) is 6.54 Å². The van der Waals surface area contributed by atoms with Crippen LogP contribution < -0.4 is 4.72 Å². The van der Waals surface area contributed by atoms with E-state index >= 15 is 0 Å². The average Bonchev–Trinajstić information content (AvgIpc) is 2.56. The fourth-order valence-corrected chi connectivity index (χ4v) is 3.27. The summed E-state index contributed by atoms with van der Waals surface area (Å²) in [6, 6.07) is 13.0. The Morgan fingerprint density at radius 2 is 1.79 bits per heavy atom. The molecule has 2 aromatic carbocycles. The molecule has 1 N–H and O–H groups in total. The van der Waals surface area contributed by atoms with E-state index in [1.165, 1.54) is 18.2 Å². The lowest BCUT2D eigenvalue weighted by Crippen LogP contribution is -2.31. The summed E-state index contributed by atoms with van der Waals surface area (Å²) in [7, 11) is -3.89. The van der Waals surface area contributed by atoms with E-state index in [0.29, 0.717) is 0 Å². The standard InChI is InChI=1S/C16H15Cl2NO4S/c1-11(12-5-3-2-4-6-12)23-16(20)10-19-24(21,22)13-7-8-14(17)15(18)9-13/h2-9,11,19H,10H2,1H3. The van der Waals surface area contributed by atoms with Crippen molar-refractivity contribution in [1.29, 1.82) is 0 Å². The van der Waals surface area contributed by atoms with Gasteiger partial charge in [-0.1, -0.05) is 53.5 Å². The Morgan fingerprint density at radius 3 is 2.42 bits per heavy atom. The predicted molar refractivity (Wildman–Crippen MR) is 92.6 cm³/mol. The third-order valence-electron chi connectivity index (χ3n) is 3.19. The lowest BCUT2D eigenvalue weighted by atomic mass is 10.1. The SMILES string of the molecule is CC(OC(=O)CNS(=O)(=O)c1ccc(Cl)c(Cl)c1)c1ccccc1. The van der Waals surface area contributed by atoms with Gasteiger partial charge >= 0.3 is 5.97 Å². The van der Waals surface area contributed by atoms with Crippen LogP contribution in [0.3, 0.4) is 0 Å². The molecule has 0 radical (unpaired) electrons. The summed E-state index contributed by atoms with van der Waals surface area (Å²) in [4.78, 5) is 11.7. The number of rotatable bonds is 6. The van der Waals surface area contributed by atoms with Gasteiger partial charge in [-0.2, -0.15) is 4.72 Å². The highest BCUT2D eigenvalue weighted by Crippen LogP contribution is 2.24. The van der Waals surface area contributed by atoms with Crippen molar-refractivity contribution < 1.29 is 17.9 Å². The maximum atomic E-state index is 12.1. The third kappa shape index (κ3) is 4.95. The molecular weight excluding hydrogens is 373 g/mol. The topological polar surface area (TPSA) is 72.5 Å². The summed E-state index contributed by atoms with van der Waals surface area (Å²) >= 11 is 11.6. The summed E-state index contributed by atoms with van der Waals surface area (Å²) in [5, 5.41) is 0.353. The average molecular weight is 388 g/mol. The van der Waals surface area contributed by atoms with Crippen LogP contribution in [0.4, 0.5) is 0 Å². The number of sulfonamides is 1. The number of halogens is 2. The van der Waals surface area contributed by atoms with Crippen molar-refractivity contribution in [1.82, 2.24) is 4.72 Å². The van der Waals surface area contributed by atoms with Crippen molar-refractivity contribution in [2.24, 2.45) is 0 Å². The van der Waals surface area contributed by atoms with Gasteiger partial charge in [0.1, 0.15) is 12.6 Å². The van der Waals surface area contributed by atoms with E-state index in [9.17, 15) is 13.2 Å². The Balaban J connectivity index is 1.96. The zero-order valence-electron chi connectivity index (χ0n) is 12.7. The molecule has 2 rings (SSSR count). The second-order valence-electron chi connectivity index (χ2n) is 4.94. The smallest absolute Gasteiger partial charge is 0.321 e. The Bertz CT molecular complexity index is 825. The Labute approximate surface area is 150 Å². The molecule has 2 aromatic rings. The molecule has 1 unspecified atom stereocenters. The zero-order valence-corrected chi connectivity index (χ0v) is 15.0. The number of hydrogen-bond donors (Lipinski definition) is 1. The number of nitrogens with one attached hydrogen (secondary N) is 1. The Kier molecular flexibility index (Phi) is 6.23. The highest BCUT2D eigenvalue weighted by Gasteiger charge is 2.18. The molecule has 0 amide bonds. The van der Waals surface area contributed by atoms with Crippen molar-refractivity contribution in [3.63, 3.8) is 0 Å². The van der Waals surface area contributed by atoms with E-state index in [-0.39, 0.29) is 14.9 Å². The fourth-order valence-electron chi connectivity index (χ4n) is 1.91. The first-order chi connectivity index (χ1) is 11.3. The summed E-state index contributed by atoms with van der Waals surface area (Å²) in [5.41, 5.74) is 0.818. The molecule has 0 aliphatic carbocycles. The number of benzene rings is 2. The predicted octanol–water partition coefficient (Wildman–Crippen LogP) is 3.58. The van der Waals surface area contributed by atoms with Gasteiger partial charge in [0.2, 0.25) is 10.0 Å². The van der Waals surface area contributed by atoms with Crippen LogP contribution in [0.2, 0.25) is 10.0 Å². The normalized spacial score (nSPS) is 12.6. The van der Waals surface area contributed by atoms with Crippen LogP contribution in [0.15, 0.2) is 53.4 Å². The Hall–Kier alpha value is -1.60. The first-order valence-electron chi connectivity index (χ1n) is 6.99. The van der Waals surface area contributed by atoms with Crippen LogP contribution in [-0.2, 0) is 19.6 Å². The number of hydrogen-bond acceptors (Lipinski definition) is 4. The molecule has 5 nitrogen and oxygen atoms in total. The molecule has 128 valence electrons. The highest BCUT2D eigenvalue weighted by molar-refractivity contribution is 7.89. The first-order valence-corrected chi connectivity index (χ1v) is 9.22. The minimum absolute atomic E-state index is 0.0826. The van der Waals surface area contributed by atoms with Crippen molar-refractivity contribution >= 4 is 39.2 Å². The maximum absolute atomic E-state index is 12.1. The van der Waals surface area contributed by atoms with Crippen LogP contribution in [0.5, 0.6) is 0 Å². The lowest BCUT2D eigenvalue weighted by Gasteiger charge is -2.14. The van der Waals surface area contributed by atoms with Crippen molar-refractivity contribution in [3.8, 4) is 0 Å². The van der Waals surface area contributed by atoms with Crippen molar-refractivity contribution in [3.05, 3.63) is 64.1 Å². The van der Waals surface area contributed by atoms with Crippen LogP contribution >= 0.6 is 23.2 Å². The minimum Gasteiger partial charge on any atom is -0.457 e. The van der Waals surface area contributed by atoms with Crippen LogP contribution in [0.25, 0.3) is 0 Å². The number of esters is 1. The number of carbonyl (C=O) groups excluding carboxylic acids is 1. The highest BCUT2D eigenvalue weighted by atomic mass is 35.5. The molecule has 0 fully saturated rings. The molecule has 0 aromatic heterocycles. The van der Waals surface area contributed by atoms with Crippen LogP contribution in [-0.4, -0.2) is 20.9 Å². The van der Waals surface area contributed by atoms with Gasteiger partial charge < -0.3 is 4.74 Å². The van der Waals surface area contributed by atoms with Gasteiger partial charge in [0.15, 0.2) is 0 Å². The molecule has 0 saturated carbocycles. The second kappa shape index (κ2) is 7.98. The van der Waals surface area contributed by atoms with E-state index in [4.69, 9.17) is 27.9 Å². The van der Waals surface area contributed by atoms with Gasteiger partial charge in [-0.05, 0) is 30.7 Å². The molecule has 1 atom stereocenters. The largest absolute Gasteiger partial charge is 0.457 e. The number of carbonyl (C=O) groups is 1. The van der Waals surface area contributed by atoms with Gasteiger partial charge in [0.05, 0.1) is 14.9 Å². The van der Waals surface area contributed by atoms with Gasteiger partial charge in [-0.25, -0.2) is 8.42 Å². The molecule has 8 heteroatoms. The molecule has 0 heterocycles. The molecule has 0 saturated heterocycles. The summed E-state index contributed by atoms with van der Waals surface area (Å²) < 4.78 is 31.6. The Morgan fingerprint density at radius 1 is 1.12 bits per heavy atom. The summed E-state index contributed by atoms with van der Waals surface area (Å²) in [6.07, 6.45) is -0.479. The van der Waals surface area contributed by atoms with Crippen LogP contribution in [0.1, 0.15) is 18.6 Å². The summed E-state index contributed by atoms with van der Waals surface area (Å²) in [5.74, 6) is -0.685. The van der Waals surface area contributed by atoms with Gasteiger partial charge in [0.25, 0.3) is 0 Å². The van der Waals surface area contributed by atoms with Gasteiger partial charge in [0, 0.05) is 0 Å². The van der Waals surface area contributed by atoms with Gasteiger partial charge in [-0.15, -0.1) is 0 Å². The molecule has 0 aliphatic heterocycles. The fraction of sp³-hybridized carbons (Fsp3) is 0.188. The van der Waals surface area contributed by atoms with E-state index in [1.54, 1.807) is 6.92 Å². The monoisotopic (exact) mass is 387 g/mol. The van der Waals surface area contributed by atoms with Crippen LogP contribution in [0, 0.1) is 0 Å². The molecule has 24 heavy (non-hydrogen) atoms.